The summed E-state index contributed by atoms with van der Waals surface area (Å²) in [5.74, 6) is -0.861. The molecule has 0 N–H and O–H groups in total. The first kappa shape index (κ1) is 14.4. The fraction of sp³-hybridized carbons (Fsp3) is 0.222. The van der Waals surface area contributed by atoms with Crippen LogP contribution in [0.3, 0.4) is 0 Å². The van der Waals surface area contributed by atoms with E-state index in [0.717, 1.165) is 18.2 Å². The molecule has 0 saturated carbocycles. The maximum atomic E-state index is 12.9. The van der Waals surface area contributed by atoms with Crippen molar-refractivity contribution in [2.24, 2.45) is 0 Å². The van der Waals surface area contributed by atoms with Gasteiger partial charge in [-0.25, -0.2) is 4.39 Å². The molecular formula is C9H5F4NO3S. The summed E-state index contributed by atoms with van der Waals surface area (Å²) in [6.45, 7) is -0.934. The normalized spacial score (nSPS) is 12.2. The van der Waals surface area contributed by atoms with Gasteiger partial charge in [0.1, 0.15) is 11.9 Å². The molecule has 0 bridgehead atoms. The molecule has 0 aliphatic heterocycles. The largest absolute Gasteiger partial charge is 0.523 e. The van der Waals surface area contributed by atoms with Gasteiger partial charge in [-0.1, -0.05) is 6.07 Å². The predicted octanol–water partition coefficient (Wildman–Crippen LogP) is 2.06. The molecule has 9 heteroatoms. The van der Waals surface area contributed by atoms with Crippen LogP contribution >= 0.6 is 0 Å². The summed E-state index contributed by atoms with van der Waals surface area (Å²) in [5, 5.41) is 8.47. The van der Waals surface area contributed by atoms with E-state index >= 15 is 0 Å². The van der Waals surface area contributed by atoms with Crippen LogP contribution in [0.15, 0.2) is 18.2 Å². The van der Waals surface area contributed by atoms with E-state index in [0.29, 0.717) is 0 Å². The Hall–Kier alpha value is -1.66. The summed E-state index contributed by atoms with van der Waals surface area (Å²) in [5.41, 5.74) is -6.01. The zero-order valence-electron chi connectivity index (χ0n) is 8.53. The minimum Gasteiger partial charge on any atom is -0.258 e. The summed E-state index contributed by atoms with van der Waals surface area (Å²) in [4.78, 5) is 0. The molecule has 0 heterocycles. The molecule has 0 aromatic heterocycles. The van der Waals surface area contributed by atoms with Gasteiger partial charge in [0.25, 0.3) is 0 Å². The number of rotatable bonds is 3. The van der Waals surface area contributed by atoms with Gasteiger partial charge in [-0.2, -0.15) is 26.9 Å². The lowest BCUT2D eigenvalue weighted by atomic mass is 10.1. The van der Waals surface area contributed by atoms with E-state index < -0.39 is 33.6 Å². The minimum atomic E-state index is -5.70. The van der Waals surface area contributed by atoms with Gasteiger partial charge in [-0.15, -0.1) is 0 Å². The van der Waals surface area contributed by atoms with E-state index in [-0.39, 0.29) is 5.56 Å². The Bertz CT molecular complexity index is 589. The maximum absolute atomic E-state index is 12.9. The minimum absolute atomic E-state index is 0.0687. The van der Waals surface area contributed by atoms with Crippen molar-refractivity contribution in [1.82, 2.24) is 0 Å². The van der Waals surface area contributed by atoms with Crippen molar-refractivity contribution in [1.29, 1.82) is 5.26 Å². The van der Waals surface area contributed by atoms with Gasteiger partial charge < -0.3 is 0 Å². The Morgan fingerprint density at radius 2 is 1.94 bits per heavy atom. The molecule has 1 aromatic carbocycles. The van der Waals surface area contributed by atoms with E-state index in [9.17, 15) is 26.0 Å². The first-order valence-corrected chi connectivity index (χ1v) is 5.72. The average molecular weight is 283 g/mol. The highest BCUT2D eigenvalue weighted by molar-refractivity contribution is 7.87. The van der Waals surface area contributed by atoms with Crippen molar-refractivity contribution in [2.45, 2.75) is 12.1 Å². The molecule has 0 aliphatic rings. The molecule has 0 spiro atoms. The second-order valence-electron chi connectivity index (χ2n) is 3.09. The molecule has 0 amide bonds. The highest BCUT2D eigenvalue weighted by Gasteiger charge is 2.47. The van der Waals surface area contributed by atoms with Crippen LogP contribution < -0.4 is 0 Å². The molecule has 0 fully saturated rings. The molecular weight excluding hydrogens is 278 g/mol. The fourth-order valence-corrected chi connectivity index (χ4v) is 1.39. The Morgan fingerprint density at radius 3 is 2.44 bits per heavy atom. The number of nitriles is 1. The molecule has 18 heavy (non-hydrogen) atoms. The van der Waals surface area contributed by atoms with E-state index in [1.807, 2.05) is 0 Å². The Balaban J connectivity index is 2.86. The number of benzene rings is 1. The van der Waals surface area contributed by atoms with E-state index in [2.05, 4.69) is 4.18 Å². The number of alkyl halides is 3. The molecule has 98 valence electrons. The lowest BCUT2D eigenvalue weighted by molar-refractivity contribution is -0.0547. The van der Waals surface area contributed by atoms with Crippen molar-refractivity contribution in [3.8, 4) is 6.07 Å². The van der Waals surface area contributed by atoms with Crippen LogP contribution in [0.25, 0.3) is 0 Å². The van der Waals surface area contributed by atoms with Gasteiger partial charge in [0.2, 0.25) is 0 Å². The smallest absolute Gasteiger partial charge is 0.258 e. The van der Waals surface area contributed by atoms with Gasteiger partial charge in [-0.3, -0.25) is 4.18 Å². The average Bonchev–Trinajstić information content (AvgIpc) is 2.26. The Morgan fingerprint density at radius 1 is 1.33 bits per heavy atom. The maximum Gasteiger partial charge on any atom is 0.523 e. The van der Waals surface area contributed by atoms with Crippen LogP contribution in [0.1, 0.15) is 11.1 Å². The van der Waals surface area contributed by atoms with Gasteiger partial charge in [0, 0.05) is 0 Å². The molecule has 0 saturated heterocycles. The van der Waals surface area contributed by atoms with E-state index in [4.69, 9.17) is 5.26 Å². The van der Waals surface area contributed by atoms with Crippen molar-refractivity contribution >= 4 is 10.1 Å². The molecule has 0 atom stereocenters. The second kappa shape index (κ2) is 4.91. The summed E-state index contributed by atoms with van der Waals surface area (Å²) in [7, 11) is -5.70. The van der Waals surface area contributed by atoms with Crippen molar-refractivity contribution in [2.75, 3.05) is 0 Å². The van der Waals surface area contributed by atoms with Crippen LogP contribution in [0, 0.1) is 17.1 Å². The van der Waals surface area contributed by atoms with E-state index in [1.54, 1.807) is 0 Å². The van der Waals surface area contributed by atoms with Crippen LogP contribution in [0.2, 0.25) is 0 Å². The molecule has 1 rings (SSSR count). The van der Waals surface area contributed by atoms with Crippen molar-refractivity contribution in [3.63, 3.8) is 0 Å². The fourth-order valence-electron chi connectivity index (χ4n) is 0.960. The van der Waals surface area contributed by atoms with Gasteiger partial charge in [-0.05, 0) is 17.7 Å². The number of nitrogens with zero attached hydrogens (tertiary/aromatic N) is 1. The van der Waals surface area contributed by atoms with Gasteiger partial charge in [0.05, 0.1) is 12.2 Å². The zero-order valence-corrected chi connectivity index (χ0v) is 9.35. The molecule has 0 unspecified atom stereocenters. The monoisotopic (exact) mass is 283 g/mol. The summed E-state index contributed by atoms with van der Waals surface area (Å²) in [6, 6.07) is 4.21. The molecule has 0 radical (unpaired) electrons. The van der Waals surface area contributed by atoms with Gasteiger partial charge >= 0.3 is 15.6 Å². The Labute approximate surface area is 99.5 Å². The lowest BCUT2D eigenvalue weighted by Gasteiger charge is -2.08. The van der Waals surface area contributed by atoms with Crippen LogP contribution in [-0.2, 0) is 20.9 Å². The van der Waals surface area contributed by atoms with Crippen molar-refractivity contribution in [3.05, 3.63) is 35.1 Å². The standard InChI is InChI=1S/C9H5F4NO3S/c10-8-2-1-6(3-7(8)4-14)5-17-18(15,16)9(11,12)13/h1-3H,5H2. The highest BCUT2D eigenvalue weighted by Crippen LogP contribution is 2.25. The number of hydrogen-bond acceptors (Lipinski definition) is 4. The van der Waals surface area contributed by atoms with Crippen LogP contribution in [-0.4, -0.2) is 13.9 Å². The number of hydrogen-bond donors (Lipinski definition) is 0. The third-order valence-electron chi connectivity index (χ3n) is 1.82. The molecule has 0 aliphatic carbocycles. The van der Waals surface area contributed by atoms with Gasteiger partial charge in [0.15, 0.2) is 0 Å². The Kier molecular flexibility index (Phi) is 3.93. The molecule has 4 nitrogen and oxygen atoms in total. The zero-order chi connectivity index (χ0) is 14.0. The third kappa shape index (κ3) is 3.18. The SMILES string of the molecule is N#Cc1cc(COS(=O)(=O)C(F)(F)F)ccc1F. The number of halogens is 4. The topological polar surface area (TPSA) is 67.2 Å². The summed E-state index contributed by atoms with van der Waals surface area (Å²) < 4.78 is 73.5. The first-order chi connectivity index (χ1) is 8.17. The van der Waals surface area contributed by atoms with Crippen molar-refractivity contribution < 1.29 is 30.2 Å². The molecule has 1 aromatic rings. The second-order valence-corrected chi connectivity index (χ2v) is 4.69. The summed E-state index contributed by atoms with van der Waals surface area (Å²) >= 11 is 0. The van der Waals surface area contributed by atoms with Crippen LogP contribution in [0.4, 0.5) is 17.6 Å². The quantitative estimate of drug-likeness (QED) is 0.484. The highest BCUT2D eigenvalue weighted by atomic mass is 32.2. The van der Waals surface area contributed by atoms with Crippen LogP contribution in [0.5, 0.6) is 0 Å². The predicted molar refractivity (Wildman–Crippen MR) is 50.9 cm³/mol. The third-order valence-corrected chi connectivity index (χ3v) is 2.81. The van der Waals surface area contributed by atoms with E-state index in [1.165, 1.54) is 6.07 Å². The lowest BCUT2D eigenvalue weighted by Crippen LogP contribution is -2.25. The summed E-state index contributed by atoms with van der Waals surface area (Å²) in [6.07, 6.45) is 0. The first-order valence-electron chi connectivity index (χ1n) is 4.31.